The zero-order valence-electron chi connectivity index (χ0n) is 17.8. The van der Waals surface area contributed by atoms with Gasteiger partial charge in [-0.3, -0.25) is 4.90 Å². The minimum absolute atomic E-state index is 0. The Balaban J connectivity index is 0.00000231. The van der Waals surface area contributed by atoms with Crippen LogP contribution in [0.15, 0.2) is 84.4 Å². The monoisotopic (exact) mass is 433 g/mol. The van der Waals surface area contributed by atoms with Crippen LogP contribution in [0.4, 0.5) is 0 Å². The van der Waals surface area contributed by atoms with Gasteiger partial charge in [0.25, 0.3) is 0 Å². The summed E-state index contributed by atoms with van der Waals surface area (Å²) in [7, 11) is 0. The summed E-state index contributed by atoms with van der Waals surface area (Å²) in [6.45, 7) is 6.57. The maximum Gasteiger partial charge on any atom is 0.136 e. The Morgan fingerprint density at radius 3 is 2.19 bits per heavy atom. The average molecular weight is 434 g/mol. The number of para-hydroxylation sites is 1. The number of hydrogen-bond acceptors (Lipinski definition) is 3. The van der Waals surface area contributed by atoms with Gasteiger partial charge >= 0.3 is 0 Å². The fraction of sp³-hybridized carbons (Fsp3) is 0.259. The van der Waals surface area contributed by atoms with E-state index in [4.69, 9.17) is 9.47 Å². The molecule has 0 amide bonds. The van der Waals surface area contributed by atoms with Crippen molar-refractivity contribution in [3.63, 3.8) is 0 Å². The van der Waals surface area contributed by atoms with Crippen LogP contribution in [0.1, 0.15) is 28.2 Å². The van der Waals surface area contributed by atoms with Crippen molar-refractivity contribution in [3.05, 3.63) is 107 Å². The van der Waals surface area contributed by atoms with Gasteiger partial charge < -0.3 is 9.47 Å². The van der Waals surface area contributed by atoms with Crippen LogP contribution >= 0.6 is 12.4 Å². The van der Waals surface area contributed by atoms with E-state index in [1.807, 2.05) is 0 Å². The van der Waals surface area contributed by atoms with E-state index in [0.717, 1.165) is 49.9 Å². The summed E-state index contributed by atoms with van der Waals surface area (Å²) in [5, 5.41) is 0. The van der Waals surface area contributed by atoms with Crippen LogP contribution in [0.25, 0.3) is 5.76 Å². The van der Waals surface area contributed by atoms with E-state index in [-0.39, 0.29) is 18.3 Å². The number of fused-ring (bicyclic) bond motifs is 1. The molecular weight excluding hydrogens is 406 g/mol. The molecule has 2 heterocycles. The molecule has 5 rings (SSSR count). The van der Waals surface area contributed by atoms with Crippen molar-refractivity contribution < 1.29 is 9.47 Å². The van der Waals surface area contributed by atoms with Crippen LogP contribution in [0.3, 0.4) is 0 Å². The lowest BCUT2D eigenvalue weighted by atomic mass is 9.79. The number of morpholine rings is 1. The van der Waals surface area contributed by atoms with E-state index >= 15 is 0 Å². The summed E-state index contributed by atoms with van der Waals surface area (Å²) in [5.41, 5.74) is 6.37. The molecule has 3 aromatic rings. The molecule has 31 heavy (non-hydrogen) atoms. The second kappa shape index (κ2) is 9.69. The Bertz CT molecular complexity index is 1060. The third kappa shape index (κ3) is 4.40. The molecule has 0 radical (unpaired) electrons. The fourth-order valence-electron chi connectivity index (χ4n) is 4.57. The molecule has 160 valence electrons. The second-order valence-corrected chi connectivity index (χ2v) is 8.04. The molecule has 2 aliphatic heterocycles. The first-order valence-electron chi connectivity index (χ1n) is 10.7. The Morgan fingerprint density at radius 2 is 1.45 bits per heavy atom. The number of nitrogens with zero attached hydrogens (tertiary/aromatic N) is 1. The molecule has 1 fully saturated rings. The van der Waals surface area contributed by atoms with Crippen LogP contribution in [0.2, 0.25) is 0 Å². The highest BCUT2D eigenvalue weighted by molar-refractivity contribution is 5.85. The van der Waals surface area contributed by atoms with Gasteiger partial charge in [-0.1, -0.05) is 72.8 Å². The zero-order valence-corrected chi connectivity index (χ0v) is 18.6. The van der Waals surface area contributed by atoms with Crippen LogP contribution in [-0.2, 0) is 4.74 Å². The lowest BCUT2D eigenvalue weighted by Gasteiger charge is -2.36. The predicted molar refractivity (Wildman–Crippen MR) is 128 cm³/mol. The van der Waals surface area contributed by atoms with Crippen LogP contribution < -0.4 is 4.74 Å². The SMILES string of the molecule is Cc1ccccc1C1C(CN2CCOCC2)=C(c2ccccc2)Oc2ccccc21.Cl. The van der Waals surface area contributed by atoms with Gasteiger partial charge in [0, 0.05) is 36.7 Å². The lowest BCUT2D eigenvalue weighted by molar-refractivity contribution is 0.0416. The molecule has 3 aromatic carbocycles. The largest absolute Gasteiger partial charge is 0.456 e. The summed E-state index contributed by atoms with van der Waals surface area (Å²) in [4.78, 5) is 2.49. The van der Waals surface area contributed by atoms with Crippen molar-refractivity contribution in [2.24, 2.45) is 0 Å². The van der Waals surface area contributed by atoms with E-state index in [9.17, 15) is 0 Å². The number of halogens is 1. The number of aryl methyl sites for hydroxylation is 1. The molecule has 1 unspecified atom stereocenters. The van der Waals surface area contributed by atoms with E-state index in [0.29, 0.717) is 0 Å². The molecular formula is C27H28ClNO2. The lowest BCUT2D eigenvalue weighted by Crippen LogP contribution is -2.39. The summed E-state index contributed by atoms with van der Waals surface area (Å²) in [5.74, 6) is 2.12. The van der Waals surface area contributed by atoms with E-state index in [2.05, 4.69) is 90.7 Å². The molecule has 0 spiro atoms. The van der Waals surface area contributed by atoms with Gasteiger partial charge in [0.2, 0.25) is 0 Å². The van der Waals surface area contributed by atoms with Crippen molar-refractivity contribution >= 4 is 18.2 Å². The van der Waals surface area contributed by atoms with Crippen molar-refractivity contribution in [2.45, 2.75) is 12.8 Å². The first kappa shape index (κ1) is 21.6. The molecule has 1 atom stereocenters. The van der Waals surface area contributed by atoms with Gasteiger partial charge in [-0.25, -0.2) is 0 Å². The highest BCUT2D eigenvalue weighted by Crippen LogP contribution is 2.46. The average Bonchev–Trinajstić information content (AvgIpc) is 2.80. The quantitative estimate of drug-likeness (QED) is 0.528. The normalized spacial score (nSPS) is 18.7. The second-order valence-electron chi connectivity index (χ2n) is 8.04. The smallest absolute Gasteiger partial charge is 0.136 e. The summed E-state index contributed by atoms with van der Waals surface area (Å²) in [6, 6.07) is 27.8. The van der Waals surface area contributed by atoms with Gasteiger partial charge in [-0.15, -0.1) is 12.4 Å². The summed E-state index contributed by atoms with van der Waals surface area (Å²) < 4.78 is 12.2. The highest BCUT2D eigenvalue weighted by atomic mass is 35.5. The Hall–Kier alpha value is -2.59. The van der Waals surface area contributed by atoms with Gasteiger partial charge in [-0.2, -0.15) is 0 Å². The number of benzene rings is 3. The summed E-state index contributed by atoms with van der Waals surface area (Å²) in [6.07, 6.45) is 0. The molecule has 0 N–H and O–H groups in total. The minimum atomic E-state index is 0. The topological polar surface area (TPSA) is 21.7 Å². The zero-order chi connectivity index (χ0) is 20.3. The van der Waals surface area contributed by atoms with Crippen molar-refractivity contribution in [3.8, 4) is 5.75 Å². The number of hydrogen-bond donors (Lipinski definition) is 0. The van der Waals surface area contributed by atoms with E-state index < -0.39 is 0 Å². The van der Waals surface area contributed by atoms with Gasteiger partial charge in [0.05, 0.1) is 13.2 Å². The number of ether oxygens (including phenoxy) is 2. The molecule has 1 saturated heterocycles. The fourth-order valence-corrected chi connectivity index (χ4v) is 4.57. The van der Waals surface area contributed by atoms with E-state index in [1.54, 1.807) is 0 Å². The van der Waals surface area contributed by atoms with Crippen LogP contribution in [0, 0.1) is 6.92 Å². The minimum Gasteiger partial charge on any atom is -0.456 e. The van der Waals surface area contributed by atoms with Crippen LogP contribution in [0.5, 0.6) is 5.75 Å². The van der Waals surface area contributed by atoms with Crippen molar-refractivity contribution in [2.75, 3.05) is 32.8 Å². The third-order valence-corrected chi connectivity index (χ3v) is 6.12. The molecule has 3 nitrogen and oxygen atoms in total. The molecule has 0 bridgehead atoms. The predicted octanol–water partition coefficient (Wildman–Crippen LogP) is 5.68. The third-order valence-electron chi connectivity index (χ3n) is 6.12. The molecule has 0 aliphatic carbocycles. The maximum absolute atomic E-state index is 6.59. The van der Waals surface area contributed by atoms with Gasteiger partial charge in [0.1, 0.15) is 11.5 Å². The molecule has 2 aliphatic rings. The first-order chi connectivity index (χ1) is 14.8. The Labute approximate surface area is 190 Å². The van der Waals surface area contributed by atoms with Crippen molar-refractivity contribution in [1.29, 1.82) is 0 Å². The maximum atomic E-state index is 6.59. The van der Waals surface area contributed by atoms with Crippen LogP contribution in [-0.4, -0.2) is 37.7 Å². The first-order valence-corrected chi connectivity index (χ1v) is 10.7. The van der Waals surface area contributed by atoms with Gasteiger partial charge in [0.15, 0.2) is 0 Å². The number of rotatable bonds is 4. The Kier molecular flexibility index (Phi) is 6.77. The van der Waals surface area contributed by atoms with E-state index in [1.165, 1.54) is 22.3 Å². The standard InChI is InChI=1S/C27H27NO2.ClH/c1-20-9-5-6-12-22(20)26-23-13-7-8-14-25(23)30-27(21-10-3-2-4-11-21)24(26)19-28-15-17-29-18-16-28;/h2-14,26H,15-19H2,1H3;1H. The van der Waals surface area contributed by atoms with Crippen molar-refractivity contribution in [1.82, 2.24) is 4.90 Å². The summed E-state index contributed by atoms with van der Waals surface area (Å²) >= 11 is 0. The highest BCUT2D eigenvalue weighted by Gasteiger charge is 2.33. The molecule has 0 saturated carbocycles. The van der Waals surface area contributed by atoms with Gasteiger partial charge in [-0.05, 0) is 29.7 Å². The Morgan fingerprint density at radius 1 is 0.806 bits per heavy atom. The molecule has 0 aromatic heterocycles. The molecule has 4 heteroatoms.